The number of para-hydroxylation sites is 2. The number of rotatable bonds is 3. The predicted molar refractivity (Wildman–Crippen MR) is 187 cm³/mol. The van der Waals surface area contributed by atoms with Crippen molar-refractivity contribution in [3.8, 4) is 11.4 Å². The van der Waals surface area contributed by atoms with Gasteiger partial charge in [0.1, 0.15) is 0 Å². The van der Waals surface area contributed by atoms with E-state index in [1.165, 1.54) is 22.0 Å². The van der Waals surface area contributed by atoms with E-state index < -0.39 is 0 Å². The van der Waals surface area contributed by atoms with Crippen molar-refractivity contribution in [2.24, 2.45) is 0 Å². The fourth-order valence-electron chi connectivity index (χ4n) is 7.95. The van der Waals surface area contributed by atoms with Gasteiger partial charge in [-0.15, -0.1) is 0 Å². The Morgan fingerprint density at radius 1 is 0.565 bits per heavy atom. The summed E-state index contributed by atoms with van der Waals surface area (Å²) >= 11 is 0. The number of aromatic nitrogens is 5. The van der Waals surface area contributed by atoms with Crippen LogP contribution >= 0.6 is 0 Å². The summed E-state index contributed by atoms with van der Waals surface area (Å²) in [6.45, 7) is 2.32. The number of benzene rings is 3. The van der Waals surface area contributed by atoms with Crippen LogP contribution in [0, 0.1) is 0 Å². The number of hydrogen-bond donors (Lipinski definition) is 0. The Balaban J connectivity index is 1.33. The average molecular weight is 593 g/mol. The molecule has 0 bridgehead atoms. The van der Waals surface area contributed by atoms with Gasteiger partial charge in [0.15, 0.2) is 0 Å². The van der Waals surface area contributed by atoms with Crippen LogP contribution in [0.15, 0.2) is 146 Å². The monoisotopic (exact) mass is 592 g/mol. The summed E-state index contributed by atoms with van der Waals surface area (Å²) in [5.74, 6) is 0. The Kier molecular flexibility index (Phi) is 5.09. The first-order chi connectivity index (χ1) is 22.7. The van der Waals surface area contributed by atoms with Gasteiger partial charge in [0.25, 0.3) is 0 Å². The van der Waals surface area contributed by atoms with E-state index in [9.17, 15) is 0 Å². The first-order valence-corrected chi connectivity index (χ1v) is 15.6. The van der Waals surface area contributed by atoms with Crippen molar-refractivity contribution < 1.29 is 0 Å². The van der Waals surface area contributed by atoms with Gasteiger partial charge >= 0.3 is 0 Å². The lowest BCUT2D eigenvalue weighted by Crippen LogP contribution is -2.39. The highest BCUT2D eigenvalue weighted by molar-refractivity contribution is 6.10. The summed E-state index contributed by atoms with van der Waals surface area (Å²) < 4.78 is 4.77. The Bertz CT molecular complexity index is 2350. The minimum atomic E-state index is -0.203. The van der Waals surface area contributed by atoms with Crippen molar-refractivity contribution in [2.75, 3.05) is 4.90 Å². The van der Waals surface area contributed by atoms with Gasteiger partial charge in [0.2, 0.25) is 0 Å². The molecule has 218 valence electrons. The van der Waals surface area contributed by atoms with Crippen molar-refractivity contribution in [3.63, 3.8) is 0 Å². The molecule has 0 N–H and O–H groups in total. The normalized spacial score (nSPS) is 18.6. The molecule has 0 saturated carbocycles. The maximum Gasteiger partial charge on any atom is 0.0655 e. The zero-order valence-electron chi connectivity index (χ0n) is 25.1. The zero-order chi connectivity index (χ0) is 30.4. The average Bonchev–Trinajstić information content (AvgIpc) is 3.72. The van der Waals surface area contributed by atoms with Crippen molar-refractivity contribution in [3.05, 3.63) is 152 Å². The smallest absolute Gasteiger partial charge is 0.0655 e. The largest absolute Gasteiger partial charge is 0.333 e. The highest BCUT2D eigenvalue weighted by atomic mass is 15.2. The Morgan fingerprint density at radius 2 is 1.11 bits per heavy atom. The topological polar surface area (TPSA) is 51.8 Å². The molecule has 3 aromatic carbocycles. The van der Waals surface area contributed by atoms with E-state index in [1.807, 2.05) is 37.2 Å². The maximum atomic E-state index is 4.57. The molecule has 2 atom stereocenters. The van der Waals surface area contributed by atoms with E-state index in [0.29, 0.717) is 0 Å². The van der Waals surface area contributed by atoms with E-state index in [0.717, 1.165) is 49.9 Å². The van der Waals surface area contributed by atoms with Crippen molar-refractivity contribution in [2.45, 2.75) is 18.4 Å². The molecule has 10 rings (SSSR count). The number of allylic oxidation sites excluding steroid dienone is 2. The van der Waals surface area contributed by atoms with E-state index in [2.05, 4.69) is 145 Å². The molecule has 8 aromatic rings. The van der Waals surface area contributed by atoms with Gasteiger partial charge in [-0.1, -0.05) is 60.7 Å². The van der Waals surface area contributed by atoms with E-state index in [4.69, 9.17) is 0 Å². The van der Waals surface area contributed by atoms with E-state index in [1.54, 1.807) is 0 Å². The quantitative estimate of drug-likeness (QED) is 0.206. The van der Waals surface area contributed by atoms with Crippen LogP contribution in [0.5, 0.6) is 0 Å². The fourth-order valence-corrected chi connectivity index (χ4v) is 7.95. The third-order valence-electron chi connectivity index (χ3n) is 10.0. The Morgan fingerprint density at radius 3 is 1.76 bits per heavy atom. The second-order valence-electron chi connectivity index (χ2n) is 12.4. The van der Waals surface area contributed by atoms with Gasteiger partial charge in [-0.25, -0.2) is 0 Å². The third-order valence-corrected chi connectivity index (χ3v) is 10.0. The van der Waals surface area contributed by atoms with Crippen molar-refractivity contribution in [1.29, 1.82) is 0 Å². The molecule has 5 aromatic heterocycles. The SMILES string of the molecule is CC12C=CC=CC1N(c1cc(-n3c4ccccc4c4cnccc43)cc(-n3c4ccccc4c4cnccc43)c1)c1ccncc12. The zero-order valence-corrected chi connectivity index (χ0v) is 25.1. The fraction of sp³-hybridized carbons (Fsp3) is 0.0750. The van der Waals surface area contributed by atoms with Crippen molar-refractivity contribution >= 4 is 55.0 Å². The lowest BCUT2D eigenvalue weighted by molar-refractivity contribution is 0.549. The summed E-state index contributed by atoms with van der Waals surface area (Å²) in [6, 6.07) is 30.7. The number of nitrogens with zero attached hydrogens (tertiary/aromatic N) is 6. The molecule has 6 heterocycles. The first-order valence-electron chi connectivity index (χ1n) is 15.6. The Hall–Kier alpha value is -6.01. The summed E-state index contributed by atoms with van der Waals surface area (Å²) in [5.41, 5.74) is 10.1. The minimum absolute atomic E-state index is 0.101. The van der Waals surface area contributed by atoms with Gasteiger partial charge in [-0.05, 0) is 55.5 Å². The summed E-state index contributed by atoms with van der Waals surface area (Å²) in [6.07, 6.45) is 20.7. The van der Waals surface area contributed by atoms with Crippen LogP contribution < -0.4 is 4.90 Å². The van der Waals surface area contributed by atoms with Gasteiger partial charge in [-0.3, -0.25) is 15.0 Å². The third kappa shape index (κ3) is 3.33. The highest BCUT2D eigenvalue weighted by Crippen LogP contribution is 2.51. The molecule has 0 spiro atoms. The number of pyridine rings is 3. The second kappa shape index (κ2) is 9.25. The molecule has 0 radical (unpaired) electrons. The second-order valence-corrected chi connectivity index (χ2v) is 12.4. The van der Waals surface area contributed by atoms with Crippen molar-refractivity contribution in [1.82, 2.24) is 24.1 Å². The molecule has 0 fully saturated rings. The molecule has 46 heavy (non-hydrogen) atoms. The molecule has 1 aliphatic heterocycles. The van der Waals surface area contributed by atoms with Gasteiger partial charge in [0, 0.05) is 81.1 Å². The van der Waals surface area contributed by atoms with Crippen LogP contribution in [0.4, 0.5) is 11.4 Å². The summed E-state index contributed by atoms with van der Waals surface area (Å²) in [7, 11) is 0. The van der Waals surface area contributed by atoms with Crippen LogP contribution in [-0.4, -0.2) is 30.1 Å². The van der Waals surface area contributed by atoms with E-state index in [-0.39, 0.29) is 11.5 Å². The molecule has 6 nitrogen and oxygen atoms in total. The van der Waals surface area contributed by atoms with Crippen LogP contribution in [0.25, 0.3) is 55.0 Å². The number of anilines is 2. The predicted octanol–water partition coefficient (Wildman–Crippen LogP) is 8.97. The number of hydrogen-bond acceptors (Lipinski definition) is 4. The van der Waals surface area contributed by atoms with Crippen LogP contribution in [0.3, 0.4) is 0 Å². The summed E-state index contributed by atoms with van der Waals surface area (Å²) in [5, 5.41) is 4.65. The van der Waals surface area contributed by atoms with E-state index >= 15 is 0 Å². The van der Waals surface area contributed by atoms with Gasteiger partial charge in [0.05, 0.1) is 39.5 Å². The van der Waals surface area contributed by atoms with Gasteiger partial charge < -0.3 is 14.0 Å². The molecule has 0 saturated heterocycles. The molecule has 6 heteroatoms. The van der Waals surface area contributed by atoms with Crippen LogP contribution in [0.1, 0.15) is 12.5 Å². The molecule has 0 amide bonds. The van der Waals surface area contributed by atoms with Crippen LogP contribution in [-0.2, 0) is 5.41 Å². The lowest BCUT2D eigenvalue weighted by atomic mass is 9.76. The van der Waals surface area contributed by atoms with Gasteiger partial charge in [-0.2, -0.15) is 0 Å². The minimum Gasteiger partial charge on any atom is -0.333 e. The maximum absolute atomic E-state index is 4.57. The first kappa shape index (κ1) is 25.3. The molecular formula is C40H28N6. The molecule has 2 aliphatic rings. The molecular weight excluding hydrogens is 564 g/mol. The number of fused-ring (bicyclic) bond motifs is 9. The standard InChI is InChI=1S/C40H28N6/c1-40-16-7-6-12-39(40)46(38-15-19-43-25-33(38)40)28-21-26(44-34-10-4-2-8-29(34)31-23-41-17-13-36(31)44)20-27(22-28)45-35-11-5-3-9-30(35)32-24-42-18-14-37(32)45/h2-25,39H,1H3. The molecule has 2 unspecified atom stereocenters. The lowest BCUT2D eigenvalue weighted by Gasteiger charge is -2.35. The Labute approximate surface area is 265 Å². The highest BCUT2D eigenvalue weighted by Gasteiger charge is 2.46. The molecule has 1 aliphatic carbocycles. The van der Waals surface area contributed by atoms with Crippen LogP contribution in [0.2, 0.25) is 0 Å². The summed E-state index contributed by atoms with van der Waals surface area (Å²) in [4.78, 5) is 16.1.